The highest BCUT2D eigenvalue weighted by Gasteiger charge is 2.19. The summed E-state index contributed by atoms with van der Waals surface area (Å²) in [5.74, 6) is 0. The van der Waals surface area contributed by atoms with E-state index < -0.39 is 10.0 Å². The molecule has 0 aliphatic rings. The standard InChI is InChI=1S/C11H10N2O3S.C6H7NO/c1-9-10(8-14)4-6-13(9)17(15,16)11-3-2-5-12-7-11;1-5-6(4-8)2-3-7-5/h2-8H,1H3;2-4,7H,1H3. The Bertz CT molecular complexity index is 973. The average Bonchev–Trinajstić information content (AvgIpc) is 3.21. The van der Waals surface area contributed by atoms with Crippen LogP contribution in [0.5, 0.6) is 0 Å². The molecule has 0 bridgehead atoms. The summed E-state index contributed by atoms with van der Waals surface area (Å²) in [6.45, 7) is 3.45. The highest BCUT2D eigenvalue weighted by molar-refractivity contribution is 7.90. The van der Waals surface area contributed by atoms with E-state index in [4.69, 9.17) is 0 Å². The largest absolute Gasteiger partial charge is 0.365 e. The van der Waals surface area contributed by atoms with E-state index in [9.17, 15) is 18.0 Å². The fourth-order valence-corrected chi connectivity index (χ4v) is 3.46. The fourth-order valence-electron chi connectivity index (χ4n) is 2.10. The number of aldehydes is 2. The van der Waals surface area contributed by atoms with Crippen LogP contribution in [0.15, 0.2) is 53.9 Å². The first kappa shape index (κ1) is 18.3. The van der Waals surface area contributed by atoms with E-state index >= 15 is 0 Å². The number of nitrogens with zero attached hydrogens (tertiary/aromatic N) is 2. The van der Waals surface area contributed by atoms with Crippen LogP contribution in [0.1, 0.15) is 32.1 Å². The maximum atomic E-state index is 12.2. The van der Waals surface area contributed by atoms with Gasteiger partial charge in [-0.25, -0.2) is 12.4 Å². The number of nitrogens with one attached hydrogen (secondary N) is 1. The average molecular weight is 359 g/mol. The third-order valence-electron chi connectivity index (χ3n) is 3.58. The molecule has 0 radical (unpaired) electrons. The summed E-state index contributed by atoms with van der Waals surface area (Å²) in [6, 6.07) is 6.23. The molecule has 0 saturated heterocycles. The zero-order chi connectivity index (χ0) is 18.4. The van der Waals surface area contributed by atoms with Gasteiger partial charge in [0.25, 0.3) is 10.0 Å². The van der Waals surface area contributed by atoms with Crippen molar-refractivity contribution in [2.24, 2.45) is 0 Å². The lowest BCUT2D eigenvalue weighted by molar-refractivity contribution is 0.111. The van der Waals surface area contributed by atoms with Crippen LogP contribution in [0, 0.1) is 13.8 Å². The minimum Gasteiger partial charge on any atom is -0.365 e. The summed E-state index contributed by atoms with van der Waals surface area (Å²) >= 11 is 0. The van der Waals surface area contributed by atoms with Crippen LogP contribution in [0.25, 0.3) is 0 Å². The molecular formula is C17H17N3O4S. The summed E-state index contributed by atoms with van der Waals surface area (Å²) in [5, 5.41) is 0. The molecule has 0 aromatic carbocycles. The molecule has 0 atom stereocenters. The summed E-state index contributed by atoms with van der Waals surface area (Å²) in [5.41, 5.74) is 2.42. The topological polar surface area (TPSA) is 102 Å². The normalized spacial score (nSPS) is 10.6. The van der Waals surface area contributed by atoms with Gasteiger partial charge in [-0.3, -0.25) is 14.6 Å². The Morgan fingerprint density at radius 2 is 1.80 bits per heavy atom. The van der Waals surface area contributed by atoms with Crippen molar-refractivity contribution in [2.45, 2.75) is 18.7 Å². The molecule has 25 heavy (non-hydrogen) atoms. The molecule has 3 heterocycles. The molecular weight excluding hydrogens is 342 g/mol. The lowest BCUT2D eigenvalue weighted by Crippen LogP contribution is -2.13. The summed E-state index contributed by atoms with van der Waals surface area (Å²) < 4.78 is 25.5. The second-order valence-corrected chi connectivity index (χ2v) is 6.95. The van der Waals surface area contributed by atoms with Gasteiger partial charge < -0.3 is 4.98 Å². The molecule has 7 nitrogen and oxygen atoms in total. The van der Waals surface area contributed by atoms with Crippen molar-refractivity contribution in [3.63, 3.8) is 0 Å². The van der Waals surface area contributed by atoms with Crippen LogP contribution in [0.3, 0.4) is 0 Å². The smallest absolute Gasteiger partial charge is 0.269 e. The number of hydrogen-bond donors (Lipinski definition) is 1. The summed E-state index contributed by atoms with van der Waals surface area (Å²) in [7, 11) is -3.66. The zero-order valence-corrected chi connectivity index (χ0v) is 14.5. The summed E-state index contributed by atoms with van der Waals surface area (Å²) in [4.78, 5) is 27.5. The van der Waals surface area contributed by atoms with Crippen molar-refractivity contribution in [3.05, 3.63) is 71.6 Å². The van der Waals surface area contributed by atoms with Crippen molar-refractivity contribution in [1.82, 2.24) is 13.9 Å². The third kappa shape index (κ3) is 3.92. The van der Waals surface area contributed by atoms with Gasteiger partial charge >= 0.3 is 0 Å². The predicted molar refractivity (Wildman–Crippen MR) is 92.3 cm³/mol. The first-order chi connectivity index (χ1) is 11.9. The molecule has 130 valence electrons. The minimum absolute atomic E-state index is 0.0937. The fraction of sp³-hybridized carbons (Fsp3) is 0.118. The molecule has 0 saturated carbocycles. The quantitative estimate of drug-likeness (QED) is 0.721. The van der Waals surface area contributed by atoms with Gasteiger partial charge in [0.1, 0.15) is 4.90 Å². The number of rotatable bonds is 4. The molecule has 3 rings (SSSR count). The van der Waals surface area contributed by atoms with E-state index in [1.807, 2.05) is 6.92 Å². The van der Waals surface area contributed by atoms with Gasteiger partial charge in [-0.2, -0.15) is 0 Å². The van der Waals surface area contributed by atoms with Gasteiger partial charge in [-0.15, -0.1) is 0 Å². The van der Waals surface area contributed by atoms with Crippen LogP contribution in [0.4, 0.5) is 0 Å². The molecule has 3 aromatic rings. The van der Waals surface area contributed by atoms with Gasteiger partial charge in [0.05, 0.1) is 0 Å². The number of aryl methyl sites for hydroxylation is 1. The number of hydrogen-bond acceptors (Lipinski definition) is 5. The van der Waals surface area contributed by atoms with Gasteiger partial charge in [0, 0.05) is 47.3 Å². The molecule has 1 N–H and O–H groups in total. The molecule has 0 aliphatic carbocycles. The zero-order valence-electron chi connectivity index (χ0n) is 13.7. The SMILES string of the molecule is Cc1[nH]ccc1C=O.Cc1c(C=O)ccn1S(=O)(=O)c1cccnc1. The predicted octanol–water partition coefficient (Wildman–Crippen LogP) is 2.38. The van der Waals surface area contributed by atoms with Gasteiger partial charge in [-0.05, 0) is 38.1 Å². The third-order valence-corrected chi connectivity index (χ3v) is 5.33. The molecule has 3 aromatic heterocycles. The second-order valence-electron chi connectivity index (χ2n) is 5.14. The van der Waals surface area contributed by atoms with Crippen molar-refractivity contribution < 1.29 is 18.0 Å². The van der Waals surface area contributed by atoms with Crippen molar-refractivity contribution in [2.75, 3.05) is 0 Å². The first-order valence-corrected chi connectivity index (χ1v) is 8.73. The maximum Gasteiger partial charge on any atom is 0.269 e. The van der Waals surface area contributed by atoms with E-state index in [-0.39, 0.29) is 4.90 Å². The molecule has 0 aliphatic heterocycles. The lowest BCUT2D eigenvalue weighted by Gasteiger charge is -2.07. The van der Waals surface area contributed by atoms with Crippen molar-refractivity contribution >= 4 is 22.6 Å². The summed E-state index contributed by atoms with van der Waals surface area (Å²) in [6.07, 6.45) is 7.35. The van der Waals surface area contributed by atoms with E-state index in [2.05, 4.69) is 9.97 Å². The molecule has 0 unspecified atom stereocenters. The van der Waals surface area contributed by atoms with Crippen LogP contribution >= 0.6 is 0 Å². The Labute approximate surface area is 145 Å². The monoisotopic (exact) mass is 359 g/mol. The highest BCUT2D eigenvalue weighted by Crippen LogP contribution is 2.17. The van der Waals surface area contributed by atoms with Crippen LogP contribution in [0.2, 0.25) is 0 Å². The Hall–Kier alpha value is -3.00. The molecule has 0 amide bonds. The van der Waals surface area contributed by atoms with Crippen LogP contribution in [-0.2, 0) is 10.0 Å². The first-order valence-electron chi connectivity index (χ1n) is 7.29. The van der Waals surface area contributed by atoms with Crippen molar-refractivity contribution in [3.8, 4) is 0 Å². The highest BCUT2D eigenvalue weighted by atomic mass is 32.2. The number of carbonyl (C=O) groups is 2. The number of aromatic nitrogens is 3. The number of H-pyrrole nitrogens is 1. The number of carbonyl (C=O) groups excluding carboxylic acids is 2. The van der Waals surface area contributed by atoms with Gasteiger partial charge in [0.15, 0.2) is 12.6 Å². The molecule has 0 spiro atoms. The van der Waals surface area contributed by atoms with E-state index in [1.165, 1.54) is 30.7 Å². The second kappa shape index (κ2) is 7.71. The minimum atomic E-state index is -3.66. The van der Waals surface area contributed by atoms with Gasteiger partial charge in [-0.1, -0.05) is 0 Å². The van der Waals surface area contributed by atoms with Gasteiger partial charge in [0.2, 0.25) is 0 Å². The van der Waals surface area contributed by atoms with E-state index in [0.717, 1.165) is 21.5 Å². The van der Waals surface area contributed by atoms with Crippen LogP contribution < -0.4 is 0 Å². The number of pyridine rings is 1. The van der Waals surface area contributed by atoms with E-state index in [1.54, 1.807) is 25.3 Å². The Morgan fingerprint density at radius 3 is 2.24 bits per heavy atom. The maximum absolute atomic E-state index is 12.2. The Balaban J connectivity index is 0.000000236. The Kier molecular flexibility index (Phi) is 5.66. The molecule has 8 heteroatoms. The lowest BCUT2D eigenvalue weighted by atomic mass is 10.3. The number of aromatic amines is 1. The van der Waals surface area contributed by atoms with Crippen LogP contribution in [-0.4, -0.2) is 34.9 Å². The molecule has 0 fully saturated rings. The van der Waals surface area contributed by atoms with Crippen molar-refractivity contribution in [1.29, 1.82) is 0 Å². The van der Waals surface area contributed by atoms with E-state index in [0.29, 0.717) is 17.5 Å². The Morgan fingerprint density at radius 1 is 1.08 bits per heavy atom.